The SMILES string of the molecule is O=C(O)CC1c2ccccc2C2(CCNCC2)C1C(=O)NC1C2CC3CC(C2)CC1C3. The molecule has 31 heavy (non-hydrogen) atoms. The lowest BCUT2D eigenvalue weighted by Crippen LogP contribution is -2.58. The number of benzene rings is 1. The highest BCUT2D eigenvalue weighted by Crippen LogP contribution is 2.57. The lowest BCUT2D eigenvalue weighted by molar-refractivity contribution is -0.139. The Balaban J connectivity index is 1.34. The highest BCUT2D eigenvalue weighted by Gasteiger charge is 2.57. The van der Waals surface area contributed by atoms with Crippen molar-refractivity contribution in [3.63, 3.8) is 0 Å². The topological polar surface area (TPSA) is 78.4 Å². The molecular weight excluding hydrogens is 388 g/mol. The molecule has 1 saturated heterocycles. The number of hydrogen-bond acceptors (Lipinski definition) is 3. The molecule has 3 N–H and O–H groups in total. The van der Waals surface area contributed by atoms with Crippen LogP contribution in [0, 0.1) is 29.6 Å². The van der Waals surface area contributed by atoms with Crippen molar-refractivity contribution >= 4 is 11.9 Å². The molecular formula is C26H34N2O3. The van der Waals surface area contributed by atoms with E-state index in [1.165, 1.54) is 37.7 Å². The van der Waals surface area contributed by atoms with Crippen molar-refractivity contribution in [3.8, 4) is 0 Å². The van der Waals surface area contributed by atoms with Crippen LogP contribution in [0.2, 0.25) is 0 Å². The summed E-state index contributed by atoms with van der Waals surface area (Å²) in [6.07, 6.45) is 8.34. The van der Waals surface area contributed by atoms with Crippen LogP contribution in [0.15, 0.2) is 24.3 Å². The van der Waals surface area contributed by atoms with Crippen molar-refractivity contribution in [2.75, 3.05) is 13.1 Å². The van der Waals surface area contributed by atoms with Gasteiger partial charge in [-0.05, 0) is 92.8 Å². The molecule has 0 radical (unpaired) electrons. The molecule has 1 spiro atoms. The molecule has 5 fully saturated rings. The van der Waals surface area contributed by atoms with Gasteiger partial charge in [0.15, 0.2) is 0 Å². The summed E-state index contributed by atoms with van der Waals surface area (Å²) in [5, 5.41) is 16.7. The van der Waals surface area contributed by atoms with Gasteiger partial charge in [0.05, 0.1) is 12.3 Å². The summed E-state index contributed by atoms with van der Waals surface area (Å²) < 4.78 is 0. The lowest BCUT2D eigenvalue weighted by Gasteiger charge is -2.55. The second-order valence-corrected chi connectivity index (χ2v) is 11.1. The van der Waals surface area contributed by atoms with Crippen LogP contribution in [0.3, 0.4) is 0 Å². The first-order chi connectivity index (χ1) is 15.0. The van der Waals surface area contributed by atoms with Crippen LogP contribution in [0.1, 0.15) is 68.4 Å². The molecule has 1 aromatic rings. The monoisotopic (exact) mass is 422 g/mol. The summed E-state index contributed by atoms with van der Waals surface area (Å²) >= 11 is 0. The molecule has 5 heteroatoms. The second-order valence-electron chi connectivity index (χ2n) is 11.1. The van der Waals surface area contributed by atoms with Gasteiger partial charge in [-0.15, -0.1) is 0 Å². The largest absolute Gasteiger partial charge is 0.481 e. The van der Waals surface area contributed by atoms with Crippen molar-refractivity contribution < 1.29 is 14.7 Å². The Kier molecular flexibility index (Phi) is 4.68. The standard InChI is InChI=1S/C26H34N2O3/c29-22(30)14-20-19-3-1-2-4-21(19)26(5-7-27-8-6-26)23(20)25(31)28-24-17-10-15-9-16(12-17)13-18(24)11-15/h1-4,15-18,20,23-24,27H,5-14H2,(H,28,31)(H,29,30). The molecule has 5 aliphatic carbocycles. The normalized spacial score (nSPS) is 39.4. The predicted molar refractivity (Wildman–Crippen MR) is 118 cm³/mol. The third kappa shape index (κ3) is 3.06. The molecule has 4 saturated carbocycles. The predicted octanol–water partition coefficient (Wildman–Crippen LogP) is 3.44. The number of carbonyl (C=O) groups is 2. The van der Waals surface area contributed by atoms with E-state index in [9.17, 15) is 14.7 Å². The maximum atomic E-state index is 14.0. The second kappa shape index (κ2) is 7.33. The number of hydrogen-bond donors (Lipinski definition) is 3. The number of amides is 1. The van der Waals surface area contributed by atoms with Gasteiger partial charge in [-0.3, -0.25) is 9.59 Å². The quantitative estimate of drug-likeness (QED) is 0.695. The van der Waals surface area contributed by atoms with E-state index >= 15 is 0 Å². The molecule has 1 aromatic carbocycles. The summed E-state index contributed by atoms with van der Waals surface area (Å²) in [4.78, 5) is 25.9. The van der Waals surface area contributed by atoms with Gasteiger partial charge in [0.25, 0.3) is 0 Å². The summed E-state index contributed by atoms with van der Waals surface area (Å²) in [7, 11) is 0. The number of aliphatic carboxylic acids is 1. The number of carbonyl (C=O) groups excluding carboxylic acids is 1. The molecule has 166 valence electrons. The molecule has 2 unspecified atom stereocenters. The van der Waals surface area contributed by atoms with Gasteiger partial charge in [0.1, 0.15) is 0 Å². The zero-order valence-electron chi connectivity index (χ0n) is 18.2. The van der Waals surface area contributed by atoms with Gasteiger partial charge in [-0.25, -0.2) is 0 Å². The van der Waals surface area contributed by atoms with E-state index in [1.807, 2.05) is 6.07 Å². The van der Waals surface area contributed by atoms with Crippen molar-refractivity contribution in [2.24, 2.45) is 29.6 Å². The van der Waals surface area contributed by atoms with Gasteiger partial charge in [-0.1, -0.05) is 24.3 Å². The maximum Gasteiger partial charge on any atom is 0.303 e. The Bertz CT molecular complexity index is 862. The van der Waals surface area contributed by atoms with Crippen LogP contribution in [-0.4, -0.2) is 36.1 Å². The van der Waals surface area contributed by atoms with E-state index < -0.39 is 5.97 Å². The first kappa shape index (κ1) is 19.8. The highest BCUT2D eigenvalue weighted by molar-refractivity contribution is 5.85. The van der Waals surface area contributed by atoms with Crippen LogP contribution < -0.4 is 10.6 Å². The molecule has 2 atom stereocenters. The summed E-state index contributed by atoms with van der Waals surface area (Å²) in [6, 6.07) is 8.58. The average Bonchev–Trinajstić information content (AvgIpc) is 2.99. The van der Waals surface area contributed by atoms with Crippen LogP contribution in [-0.2, 0) is 15.0 Å². The van der Waals surface area contributed by atoms with Gasteiger partial charge < -0.3 is 15.7 Å². The average molecular weight is 423 g/mol. The number of carboxylic acids is 1. The molecule has 1 aliphatic heterocycles. The van der Waals surface area contributed by atoms with Crippen molar-refractivity contribution in [1.29, 1.82) is 0 Å². The minimum absolute atomic E-state index is 0.0337. The van der Waals surface area contributed by atoms with E-state index in [0.717, 1.165) is 43.3 Å². The number of rotatable bonds is 4. The Labute approximate surface area is 184 Å². The fourth-order valence-electron chi connectivity index (χ4n) is 8.72. The molecule has 0 aromatic heterocycles. The number of nitrogens with one attached hydrogen (secondary N) is 2. The fourth-order valence-corrected chi connectivity index (χ4v) is 8.72. The van der Waals surface area contributed by atoms with E-state index in [0.29, 0.717) is 17.9 Å². The maximum absolute atomic E-state index is 14.0. The van der Waals surface area contributed by atoms with Crippen LogP contribution in [0.4, 0.5) is 0 Å². The van der Waals surface area contributed by atoms with Crippen molar-refractivity contribution in [1.82, 2.24) is 10.6 Å². The Morgan fingerprint density at radius 2 is 1.65 bits per heavy atom. The smallest absolute Gasteiger partial charge is 0.303 e. The van der Waals surface area contributed by atoms with Crippen LogP contribution in [0.25, 0.3) is 0 Å². The number of fused-ring (bicyclic) bond motifs is 2. The van der Waals surface area contributed by atoms with Gasteiger partial charge in [0, 0.05) is 17.4 Å². The Morgan fingerprint density at radius 3 is 2.29 bits per heavy atom. The van der Waals surface area contributed by atoms with Crippen LogP contribution in [0.5, 0.6) is 0 Å². The molecule has 1 heterocycles. The first-order valence-corrected chi connectivity index (χ1v) is 12.4. The summed E-state index contributed by atoms with van der Waals surface area (Å²) in [5.74, 6) is 1.82. The Hall–Kier alpha value is -1.88. The zero-order valence-corrected chi connectivity index (χ0v) is 18.2. The lowest BCUT2D eigenvalue weighted by atomic mass is 9.54. The van der Waals surface area contributed by atoms with Crippen molar-refractivity contribution in [2.45, 2.75) is 68.7 Å². The van der Waals surface area contributed by atoms with E-state index in [4.69, 9.17) is 0 Å². The van der Waals surface area contributed by atoms with Crippen molar-refractivity contribution in [3.05, 3.63) is 35.4 Å². The first-order valence-electron chi connectivity index (χ1n) is 12.4. The summed E-state index contributed by atoms with van der Waals surface area (Å²) in [5.41, 5.74) is 2.09. The molecule has 7 rings (SSSR count). The van der Waals surface area contributed by atoms with Crippen LogP contribution >= 0.6 is 0 Å². The minimum Gasteiger partial charge on any atom is -0.481 e. The van der Waals surface area contributed by atoms with E-state index in [1.54, 1.807) is 0 Å². The minimum atomic E-state index is -0.807. The van der Waals surface area contributed by atoms with Gasteiger partial charge in [-0.2, -0.15) is 0 Å². The number of carboxylic acid groups (broad SMARTS) is 1. The van der Waals surface area contributed by atoms with E-state index in [2.05, 4.69) is 28.8 Å². The third-order valence-electron chi connectivity index (χ3n) is 9.60. The van der Waals surface area contributed by atoms with E-state index in [-0.39, 0.29) is 29.6 Å². The molecule has 1 amide bonds. The third-order valence-corrected chi connectivity index (χ3v) is 9.60. The summed E-state index contributed by atoms with van der Waals surface area (Å²) in [6.45, 7) is 1.77. The number of piperidine rings is 1. The van der Waals surface area contributed by atoms with Gasteiger partial charge in [0.2, 0.25) is 5.91 Å². The highest BCUT2D eigenvalue weighted by atomic mass is 16.4. The molecule has 4 bridgehead atoms. The Morgan fingerprint density at radius 1 is 1.00 bits per heavy atom. The molecule has 6 aliphatic rings. The van der Waals surface area contributed by atoms with Gasteiger partial charge >= 0.3 is 5.97 Å². The molecule has 5 nitrogen and oxygen atoms in total. The zero-order chi connectivity index (χ0) is 21.2. The fraction of sp³-hybridized carbons (Fsp3) is 0.692.